The number of nitrogens with zero attached hydrogens (tertiary/aromatic N) is 3. The third-order valence-corrected chi connectivity index (χ3v) is 8.70. The summed E-state index contributed by atoms with van der Waals surface area (Å²) >= 11 is 0. The first-order chi connectivity index (χ1) is 17.2. The van der Waals surface area contributed by atoms with Gasteiger partial charge >= 0.3 is 0 Å². The lowest BCUT2D eigenvalue weighted by Crippen LogP contribution is -2.41. The van der Waals surface area contributed by atoms with E-state index in [1.807, 2.05) is 65.4 Å². The number of aromatic nitrogens is 1. The molecule has 0 unspecified atom stereocenters. The Morgan fingerprint density at radius 2 is 1.81 bits per heavy atom. The highest BCUT2D eigenvalue weighted by atomic mass is 32.2. The van der Waals surface area contributed by atoms with Crippen LogP contribution in [0.2, 0.25) is 0 Å². The summed E-state index contributed by atoms with van der Waals surface area (Å²) in [6.07, 6.45) is 2.39. The van der Waals surface area contributed by atoms with Crippen molar-refractivity contribution in [1.82, 2.24) is 4.57 Å². The van der Waals surface area contributed by atoms with Crippen molar-refractivity contribution < 1.29 is 18.3 Å². The SMILES string of the molecule is CC1(C)C=Nc2c(O)c3cc(S(=O)(=O)N4c5ccccc5C[C@H]4COc4ccccc4)ccc3n2C1. The molecule has 7 nitrogen and oxygen atoms in total. The first-order valence-corrected chi connectivity index (χ1v) is 13.4. The Kier molecular flexibility index (Phi) is 5.12. The Hall–Kier alpha value is -3.78. The second-order valence-corrected chi connectivity index (χ2v) is 11.9. The van der Waals surface area contributed by atoms with Crippen LogP contribution in [0.4, 0.5) is 11.5 Å². The Labute approximate surface area is 210 Å². The van der Waals surface area contributed by atoms with E-state index in [2.05, 4.69) is 18.8 Å². The molecule has 0 saturated heterocycles. The standard InChI is InChI=1S/C28H27N3O4S/c1-28(2)17-29-27-26(32)23-15-22(12-13-25(23)30(27)18-28)36(33,34)31-20(14-19-8-6-7-11-24(19)31)16-35-21-9-4-3-5-10-21/h3-13,15,17,20,32H,14,16,18H2,1-2H3/t20-/m0/s1. The van der Waals surface area contributed by atoms with Crippen LogP contribution in [-0.2, 0) is 23.0 Å². The molecule has 8 heteroatoms. The minimum absolute atomic E-state index is 0.000386. The van der Waals surface area contributed by atoms with Crippen LogP contribution in [0, 0.1) is 5.41 Å². The molecule has 1 aromatic heterocycles. The summed E-state index contributed by atoms with van der Waals surface area (Å²) in [6, 6.07) is 21.5. The quantitative estimate of drug-likeness (QED) is 0.403. The Morgan fingerprint density at radius 3 is 2.61 bits per heavy atom. The van der Waals surface area contributed by atoms with E-state index in [9.17, 15) is 13.5 Å². The molecule has 3 aromatic carbocycles. The predicted octanol–water partition coefficient (Wildman–Crippen LogP) is 5.29. The fourth-order valence-electron chi connectivity index (χ4n) is 5.15. The van der Waals surface area contributed by atoms with Gasteiger partial charge in [-0.25, -0.2) is 13.4 Å². The van der Waals surface area contributed by atoms with Crippen LogP contribution >= 0.6 is 0 Å². The van der Waals surface area contributed by atoms with Crippen LogP contribution in [0.15, 0.2) is 82.7 Å². The third-order valence-electron chi connectivity index (χ3n) is 6.84. The highest BCUT2D eigenvalue weighted by Crippen LogP contribution is 2.44. The van der Waals surface area contributed by atoms with Gasteiger partial charge in [0.1, 0.15) is 12.4 Å². The molecule has 0 aliphatic carbocycles. The van der Waals surface area contributed by atoms with Gasteiger partial charge in [-0.1, -0.05) is 50.2 Å². The molecule has 6 rings (SSSR count). The normalized spacial score (nSPS) is 18.3. The lowest BCUT2D eigenvalue weighted by molar-refractivity contribution is 0.292. The fraction of sp³-hybridized carbons (Fsp3) is 0.250. The number of hydrogen-bond acceptors (Lipinski definition) is 5. The second kappa shape index (κ2) is 8.13. The molecule has 36 heavy (non-hydrogen) atoms. The largest absolute Gasteiger partial charge is 0.504 e. The van der Waals surface area contributed by atoms with Crippen molar-refractivity contribution in [2.24, 2.45) is 10.4 Å². The summed E-state index contributed by atoms with van der Waals surface area (Å²) in [6.45, 7) is 5.01. The lowest BCUT2D eigenvalue weighted by Gasteiger charge is -2.27. The van der Waals surface area contributed by atoms with Gasteiger partial charge in [0.25, 0.3) is 10.0 Å². The molecule has 0 bridgehead atoms. The zero-order valence-electron chi connectivity index (χ0n) is 20.1. The van der Waals surface area contributed by atoms with Crippen molar-refractivity contribution in [2.75, 3.05) is 10.9 Å². The number of benzene rings is 3. The van der Waals surface area contributed by atoms with E-state index in [0.717, 1.165) is 11.1 Å². The summed E-state index contributed by atoms with van der Waals surface area (Å²) in [4.78, 5) is 4.58. The molecule has 2 aliphatic heterocycles. The molecular formula is C28H27N3O4S. The van der Waals surface area contributed by atoms with Crippen LogP contribution < -0.4 is 9.04 Å². The van der Waals surface area contributed by atoms with Crippen molar-refractivity contribution in [2.45, 2.75) is 37.8 Å². The number of rotatable bonds is 5. The molecule has 0 amide bonds. The van der Waals surface area contributed by atoms with E-state index >= 15 is 0 Å². The summed E-state index contributed by atoms with van der Waals surface area (Å²) in [5, 5.41) is 11.4. The zero-order valence-corrected chi connectivity index (χ0v) is 20.9. The van der Waals surface area contributed by atoms with Crippen molar-refractivity contribution >= 4 is 38.6 Å². The number of ether oxygens (including phenoxy) is 1. The molecule has 3 heterocycles. The molecule has 0 spiro atoms. The molecule has 2 aliphatic rings. The van der Waals surface area contributed by atoms with E-state index in [-0.39, 0.29) is 22.7 Å². The number of aromatic hydroxyl groups is 1. The van der Waals surface area contributed by atoms with Gasteiger partial charge in [-0.05, 0) is 48.4 Å². The maximum Gasteiger partial charge on any atom is 0.264 e. The zero-order chi connectivity index (χ0) is 25.1. The monoisotopic (exact) mass is 501 g/mol. The number of para-hydroxylation sites is 2. The van der Waals surface area contributed by atoms with Crippen molar-refractivity contribution in [3.63, 3.8) is 0 Å². The molecule has 184 valence electrons. The minimum Gasteiger partial charge on any atom is -0.504 e. The highest BCUT2D eigenvalue weighted by molar-refractivity contribution is 7.93. The smallest absolute Gasteiger partial charge is 0.264 e. The molecule has 1 N–H and O–H groups in total. The van der Waals surface area contributed by atoms with Crippen molar-refractivity contribution in [3.8, 4) is 11.5 Å². The minimum atomic E-state index is -3.94. The number of sulfonamides is 1. The predicted molar refractivity (Wildman–Crippen MR) is 141 cm³/mol. The average molecular weight is 502 g/mol. The third kappa shape index (κ3) is 3.64. The van der Waals surface area contributed by atoms with Crippen LogP contribution in [-0.4, -0.2) is 37.0 Å². The van der Waals surface area contributed by atoms with Gasteiger partial charge in [-0.3, -0.25) is 4.31 Å². The molecule has 0 radical (unpaired) electrons. The maximum atomic E-state index is 14.1. The molecule has 1 atom stereocenters. The van der Waals surface area contributed by atoms with Crippen molar-refractivity contribution in [1.29, 1.82) is 0 Å². The van der Waals surface area contributed by atoms with Crippen LogP contribution in [0.1, 0.15) is 19.4 Å². The van der Waals surface area contributed by atoms with Gasteiger partial charge in [0.05, 0.1) is 22.1 Å². The molecular weight excluding hydrogens is 474 g/mol. The molecule has 4 aromatic rings. The van der Waals surface area contributed by atoms with E-state index in [1.54, 1.807) is 18.2 Å². The fourth-order valence-corrected chi connectivity index (χ4v) is 6.84. The van der Waals surface area contributed by atoms with E-state index in [4.69, 9.17) is 4.74 Å². The topological polar surface area (TPSA) is 84.1 Å². The van der Waals surface area contributed by atoms with Gasteiger partial charge in [0.2, 0.25) is 0 Å². The van der Waals surface area contributed by atoms with Crippen LogP contribution in [0.3, 0.4) is 0 Å². The number of anilines is 1. The Balaban J connectivity index is 1.40. The van der Waals surface area contributed by atoms with Gasteiger partial charge in [0.15, 0.2) is 11.6 Å². The number of aliphatic imine (C=N–C) groups is 1. The molecule has 0 saturated carbocycles. The highest BCUT2D eigenvalue weighted by Gasteiger charge is 2.39. The van der Waals surface area contributed by atoms with Gasteiger partial charge in [0, 0.05) is 23.6 Å². The molecule has 0 fully saturated rings. The first kappa shape index (κ1) is 22.7. The Morgan fingerprint density at radius 1 is 1.06 bits per heavy atom. The first-order valence-electron chi connectivity index (χ1n) is 12.0. The van der Waals surface area contributed by atoms with Crippen molar-refractivity contribution in [3.05, 3.63) is 78.4 Å². The van der Waals surface area contributed by atoms with Gasteiger partial charge < -0.3 is 14.4 Å². The van der Waals surface area contributed by atoms with E-state index in [0.29, 0.717) is 35.6 Å². The summed E-state index contributed by atoms with van der Waals surface area (Å²) in [7, 11) is -3.94. The number of hydrogen-bond donors (Lipinski definition) is 1. The second-order valence-electron chi connectivity index (χ2n) is 10.1. The summed E-state index contributed by atoms with van der Waals surface area (Å²) < 4.78 is 37.5. The van der Waals surface area contributed by atoms with Crippen LogP contribution in [0.5, 0.6) is 11.5 Å². The number of fused-ring (bicyclic) bond motifs is 4. The van der Waals surface area contributed by atoms with E-state index in [1.165, 1.54) is 4.31 Å². The lowest BCUT2D eigenvalue weighted by atomic mass is 9.94. The van der Waals surface area contributed by atoms with Gasteiger partial charge in [-0.15, -0.1) is 0 Å². The Bertz CT molecular complexity index is 1610. The van der Waals surface area contributed by atoms with Crippen LogP contribution in [0.25, 0.3) is 10.9 Å². The summed E-state index contributed by atoms with van der Waals surface area (Å²) in [5.41, 5.74) is 2.21. The summed E-state index contributed by atoms with van der Waals surface area (Å²) in [5.74, 6) is 1.15. The maximum absolute atomic E-state index is 14.1. The average Bonchev–Trinajstić information content (AvgIpc) is 3.38. The van der Waals surface area contributed by atoms with E-state index < -0.39 is 16.1 Å². The van der Waals surface area contributed by atoms with Gasteiger partial charge in [-0.2, -0.15) is 0 Å².